The Hall–Kier alpha value is -6.64. The van der Waals surface area contributed by atoms with Crippen molar-refractivity contribution in [3.63, 3.8) is 0 Å². The quantitative estimate of drug-likeness (QED) is 0.164. The van der Waals surface area contributed by atoms with E-state index >= 15 is 0 Å². The topological polar surface area (TPSA) is 24.1 Å². The first-order valence-electron chi connectivity index (χ1n) is 17.0. The van der Waals surface area contributed by atoms with Gasteiger partial charge in [-0.1, -0.05) is 158 Å². The lowest BCUT2D eigenvalue weighted by atomic mass is 9.94. The van der Waals surface area contributed by atoms with E-state index in [0.717, 1.165) is 56.1 Å². The number of nitrogens with one attached hydrogen (secondary N) is 2. The fourth-order valence-electron chi connectivity index (χ4n) is 6.47. The molecule has 0 atom stereocenters. The molecule has 0 spiro atoms. The third-order valence-corrected chi connectivity index (χ3v) is 9.06. The first-order chi connectivity index (χ1) is 24.8. The normalized spacial score (nSPS) is 10.8. The lowest BCUT2D eigenvalue weighted by Crippen LogP contribution is -1.96. The average Bonchev–Trinajstić information content (AvgIpc) is 3.20. The summed E-state index contributed by atoms with van der Waals surface area (Å²) in [7, 11) is 0. The van der Waals surface area contributed by atoms with Crippen LogP contribution in [0.5, 0.6) is 0 Å². The summed E-state index contributed by atoms with van der Waals surface area (Å²) in [4.78, 5) is 0. The summed E-state index contributed by atoms with van der Waals surface area (Å²) in [6.45, 7) is 0. The van der Waals surface area contributed by atoms with E-state index in [1.165, 1.54) is 22.3 Å². The van der Waals surface area contributed by atoms with Crippen molar-refractivity contribution in [2.45, 2.75) is 0 Å². The Kier molecular flexibility index (Phi) is 8.73. The molecule has 50 heavy (non-hydrogen) atoms. The largest absolute Gasteiger partial charge is 0.355 e. The summed E-state index contributed by atoms with van der Waals surface area (Å²) in [6, 6.07) is 72.9. The summed E-state index contributed by atoms with van der Waals surface area (Å²) >= 11 is 0. The Bertz CT molecular complexity index is 2330. The van der Waals surface area contributed by atoms with Crippen molar-refractivity contribution < 1.29 is 0 Å². The van der Waals surface area contributed by atoms with E-state index in [1.807, 2.05) is 6.07 Å². The van der Waals surface area contributed by atoms with Crippen molar-refractivity contribution >= 4 is 22.7 Å². The van der Waals surface area contributed by atoms with Crippen molar-refractivity contribution in [2.24, 2.45) is 0 Å². The Morgan fingerprint density at radius 2 is 0.580 bits per heavy atom. The van der Waals surface area contributed by atoms with Crippen LogP contribution in [0.15, 0.2) is 206 Å². The number of benzene rings is 8. The van der Waals surface area contributed by atoms with E-state index in [1.54, 1.807) is 0 Å². The van der Waals surface area contributed by atoms with Crippen LogP contribution in [-0.4, -0.2) is 0 Å². The predicted molar refractivity (Wildman–Crippen MR) is 213 cm³/mol. The fourth-order valence-corrected chi connectivity index (χ4v) is 6.47. The molecule has 0 heterocycles. The van der Waals surface area contributed by atoms with Crippen molar-refractivity contribution in [3.8, 4) is 55.6 Å². The summed E-state index contributed by atoms with van der Waals surface area (Å²) in [5, 5.41) is 7.45. The van der Waals surface area contributed by atoms with Gasteiger partial charge in [-0.15, -0.1) is 0 Å². The van der Waals surface area contributed by atoms with Crippen LogP contribution in [0.1, 0.15) is 0 Å². The first-order valence-corrected chi connectivity index (χ1v) is 17.0. The van der Waals surface area contributed by atoms with Crippen LogP contribution in [0.3, 0.4) is 0 Å². The molecule has 0 aromatic heterocycles. The molecule has 8 rings (SSSR count). The molecule has 0 radical (unpaired) electrons. The molecule has 2 nitrogen and oxygen atoms in total. The van der Waals surface area contributed by atoms with Gasteiger partial charge in [-0.25, -0.2) is 0 Å². The van der Waals surface area contributed by atoms with Gasteiger partial charge in [-0.05, 0) is 93.0 Å². The standard InChI is InChI=1S/C48H36N2/c1-5-14-35(15-6-1)37-24-28-43(29-25-37)49-47-30-26-41(33-45(47)38-18-9-3-10-19-38)42-27-31-48(46(34-42)39-20-11-4-12-21-39)50-44-23-13-22-40(32-44)36-16-7-2-8-17-36/h1-34,49-50H. The van der Waals surface area contributed by atoms with Crippen molar-refractivity contribution in [1.82, 2.24) is 0 Å². The average molecular weight is 641 g/mol. The van der Waals surface area contributed by atoms with Gasteiger partial charge in [0.05, 0.1) is 0 Å². The second-order valence-electron chi connectivity index (χ2n) is 12.4. The number of hydrogen-bond donors (Lipinski definition) is 2. The Balaban J connectivity index is 1.14. The van der Waals surface area contributed by atoms with E-state index in [0.29, 0.717) is 0 Å². The third kappa shape index (κ3) is 6.82. The predicted octanol–water partition coefficient (Wildman–Crippen LogP) is 13.5. The lowest BCUT2D eigenvalue weighted by molar-refractivity contribution is 1.50. The molecule has 0 aliphatic heterocycles. The molecule has 238 valence electrons. The van der Waals surface area contributed by atoms with Gasteiger partial charge in [0, 0.05) is 33.9 Å². The highest BCUT2D eigenvalue weighted by Crippen LogP contribution is 2.39. The molecule has 0 unspecified atom stereocenters. The molecule has 2 N–H and O–H groups in total. The van der Waals surface area contributed by atoms with Crippen LogP contribution in [0.25, 0.3) is 55.6 Å². The zero-order chi connectivity index (χ0) is 33.5. The van der Waals surface area contributed by atoms with Crippen LogP contribution >= 0.6 is 0 Å². The smallest absolute Gasteiger partial charge is 0.0464 e. The summed E-state index contributed by atoms with van der Waals surface area (Å²) in [5.41, 5.74) is 16.0. The lowest BCUT2D eigenvalue weighted by Gasteiger charge is -2.17. The molecule has 0 fully saturated rings. The minimum Gasteiger partial charge on any atom is -0.355 e. The molecule has 8 aromatic rings. The third-order valence-electron chi connectivity index (χ3n) is 9.06. The van der Waals surface area contributed by atoms with E-state index < -0.39 is 0 Å². The second-order valence-corrected chi connectivity index (χ2v) is 12.4. The maximum Gasteiger partial charge on any atom is 0.0464 e. The van der Waals surface area contributed by atoms with Gasteiger partial charge in [0.15, 0.2) is 0 Å². The number of anilines is 4. The van der Waals surface area contributed by atoms with Crippen LogP contribution < -0.4 is 10.6 Å². The fraction of sp³-hybridized carbons (Fsp3) is 0. The van der Waals surface area contributed by atoms with E-state index in [4.69, 9.17) is 0 Å². The molecule has 8 aromatic carbocycles. The van der Waals surface area contributed by atoms with Gasteiger partial charge in [0.1, 0.15) is 0 Å². The van der Waals surface area contributed by atoms with Gasteiger partial charge < -0.3 is 10.6 Å². The molecule has 0 bridgehead atoms. The summed E-state index contributed by atoms with van der Waals surface area (Å²) < 4.78 is 0. The monoisotopic (exact) mass is 640 g/mol. The van der Waals surface area contributed by atoms with Crippen LogP contribution in [0, 0.1) is 0 Å². The van der Waals surface area contributed by atoms with Crippen LogP contribution in [-0.2, 0) is 0 Å². The first kappa shape index (κ1) is 30.7. The molecule has 0 saturated carbocycles. The van der Waals surface area contributed by atoms with Gasteiger partial charge in [-0.3, -0.25) is 0 Å². The van der Waals surface area contributed by atoms with Crippen LogP contribution in [0.4, 0.5) is 22.7 Å². The molecule has 0 aliphatic carbocycles. The summed E-state index contributed by atoms with van der Waals surface area (Å²) in [5.74, 6) is 0. The van der Waals surface area contributed by atoms with Gasteiger partial charge >= 0.3 is 0 Å². The van der Waals surface area contributed by atoms with E-state index in [-0.39, 0.29) is 0 Å². The molecule has 0 aliphatic rings. The highest BCUT2D eigenvalue weighted by molar-refractivity contribution is 5.89. The molecular formula is C48H36N2. The van der Waals surface area contributed by atoms with Crippen molar-refractivity contribution in [1.29, 1.82) is 0 Å². The number of rotatable bonds is 9. The molecule has 2 heteroatoms. The van der Waals surface area contributed by atoms with Gasteiger partial charge in [0.25, 0.3) is 0 Å². The minimum absolute atomic E-state index is 1.05. The SMILES string of the molecule is c1ccc(-c2ccc(Nc3ccc(-c4ccc(Nc5cccc(-c6ccccc6)c5)c(-c5ccccc5)c4)cc3-c3ccccc3)cc2)cc1. The summed E-state index contributed by atoms with van der Waals surface area (Å²) in [6.07, 6.45) is 0. The Morgan fingerprint density at radius 1 is 0.220 bits per heavy atom. The molecule has 0 saturated heterocycles. The maximum absolute atomic E-state index is 3.74. The van der Waals surface area contributed by atoms with Crippen LogP contribution in [0.2, 0.25) is 0 Å². The van der Waals surface area contributed by atoms with E-state index in [9.17, 15) is 0 Å². The van der Waals surface area contributed by atoms with Crippen molar-refractivity contribution in [3.05, 3.63) is 206 Å². The number of hydrogen-bond acceptors (Lipinski definition) is 2. The van der Waals surface area contributed by atoms with Gasteiger partial charge in [-0.2, -0.15) is 0 Å². The van der Waals surface area contributed by atoms with Gasteiger partial charge in [0.2, 0.25) is 0 Å². The maximum atomic E-state index is 3.74. The minimum atomic E-state index is 1.05. The Morgan fingerprint density at radius 3 is 1.08 bits per heavy atom. The molecular weight excluding hydrogens is 605 g/mol. The Labute approximate surface area is 294 Å². The zero-order valence-electron chi connectivity index (χ0n) is 27.6. The highest BCUT2D eigenvalue weighted by atomic mass is 14.9. The molecule has 0 amide bonds. The van der Waals surface area contributed by atoms with Crippen molar-refractivity contribution in [2.75, 3.05) is 10.6 Å². The highest BCUT2D eigenvalue weighted by Gasteiger charge is 2.13. The zero-order valence-corrected chi connectivity index (χ0v) is 27.6. The van der Waals surface area contributed by atoms with E-state index in [2.05, 4.69) is 211 Å². The second kappa shape index (κ2) is 14.2.